The van der Waals surface area contributed by atoms with Crippen molar-refractivity contribution in [3.05, 3.63) is 80.1 Å². The maximum absolute atomic E-state index is 12.9. The topological polar surface area (TPSA) is 65.7 Å². The van der Waals surface area contributed by atoms with E-state index in [9.17, 15) is 9.59 Å². The van der Waals surface area contributed by atoms with E-state index in [-0.39, 0.29) is 10.9 Å². The van der Waals surface area contributed by atoms with Crippen molar-refractivity contribution in [1.82, 2.24) is 9.97 Å². The number of rotatable bonds is 0. The Hall–Kier alpha value is -3.40. The molecule has 0 radical (unpaired) electrons. The van der Waals surface area contributed by atoms with Crippen LogP contribution in [0.25, 0.3) is 43.6 Å². The van der Waals surface area contributed by atoms with Crippen LogP contribution in [0.5, 0.6) is 0 Å². The third kappa shape index (κ3) is 2.02. The molecule has 0 aliphatic rings. The van der Waals surface area contributed by atoms with Crippen molar-refractivity contribution in [3.8, 4) is 0 Å². The smallest absolute Gasteiger partial charge is 0.197 e. The number of pyridine rings is 2. The number of hydrogen-bond acceptors (Lipinski definition) is 2. The molecule has 0 spiro atoms. The van der Waals surface area contributed by atoms with E-state index in [4.69, 9.17) is 0 Å². The van der Waals surface area contributed by atoms with Gasteiger partial charge in [0.2, 0.25) is 0 Å². The highest BCUT2D eigenvalue weighted by Crippen LogP contribution is 2.22. The Morgan fingerprint density at radius 1 is 0.538 bits per heavy atom. The van der Waals surface area contributed by atoms with Crippen molar-refractivity contribution in [2.75, 3.05) is 0 Å². The second-order valence-electron chi connectivity index (χ2n) is 6.95. The summed E-state index contributed by atoms with van der Waals surface area (Å²) < 4.78 is 0. The molecule has 2 N–H and O–H groups in total. The van der Waals surface area contributed by atoms with Gasteiger partial charge in [-0.15, -0.1) is 0 Å². The summed E-state index contributed by atoms with van der Waals surface area (Å²) in [5.74, 6) is 0. The second-order valence-corrected chi connectivity index (χ2v) is 6.95. The molecule has 4 heteroatoms. The van der Waals surface area contributed by atoms with Gasteiger partial charge in [-0.3, -0.25) is 9.59 Å². The molecule has 2 aromatic heterocycles. The second kappa shape index (κ2) is 5.05. The van der Waals surface area contributed by atoms with Gasteiger partial charge in [-0.25, -0.2) is 0 Å². The number of benzene rings is 3. The van der Waals surface area contributed by atoms with Crippen molar-refractivity contribution < 1.29 is 0 Å². The Kier molecular flexibility index (Phi) is 2.89. The number of H-pyrrole nitrogens is 2. The van der Waals surface area contributed by atoms with Gasteiger partial charge in [0.15, 0.2) is 10.9 Å². The molecule has 26 heavy (non-hydrogen) atoms. The van der Waals surface area contributed by atoms with Crippen molar-refractivity contribution in [2.24, 2.45) is 0 Å². The number of fused-ring (bicyclic) bond motifs is 4. The summed E-state index contributed by atoms with van der Waals surface area (Å²) in [6.45, 7) is 3.97. The SMILES string of the molecule is Cc1ccc2c(=O)c3cc4[nH]c5cc(C)ccc5c(=O)c4cc3[nH]c2c1. The summed E-state index contributed by atoms with van der Waals surface area (Å²) in [6, 6.07) is 15.0. The number of nitrogens with one attached hydrogen (secondary N) is 2. The van der Waals surface area contributed by atoms with Crippen LogP contribution in [0, 0.1) is 13.8 Å². The molecule has 2 heterocycles. The van der Waals surface area contributed by atoms with E-state index in [1.165, 1.54) is 0 Å². The predicted octanol–water partition coefficient (Wildman–Crippen LogP) is 4.29. The summed E-state index contributed by atoms with van der Waals surface area (Å²) in [7, 11) is 0. The van der Waals surface area contributed by atoms with Crippen LogP contribution in [-0.4, -0.2) is 9.97 Å². The number of aromatic amines is 2. The lowest BCUT2D eigenvalue weighted by Crippen LogP contribution is -2.08. The standard InChI is InChI=1S/C22H16N2O2/c1-11-3-5-13-17(7-11)23-19-9-16-20(10-15(19)21(13)25)24-18-8-12(2)4-6-14(18)22(16)26/h3-10H,1-2H3,(H,23,25)(H,24,26). The first kappa shape index (κ1) is 14.9. The molecule has 0 amide bonds. The van der Waals surface area contributed by atoms with Crippen molar-refractivity contribution in [1.29, 1.82) is 0 Å². The molecule has 0 fully saturated rings. The molecule has 0 saturated carbocycles. The van der Waals surface area contributed by atoms with E-state index in [1.54, 1.807) is 12.1 Å². The van der Waals surface area contributed by atoms with Crippen LogP contribution in [-0.2, 0) is 0 Å². The first-order valence-corrected chi connectivity index (χ1v) is 8.54. The minimum Gasteiger partial charge on any atom is -0.354 e. The third-order valence-electron chi connectivity index (χ3n) is 5.03. The summed E-state index contributed by atoms with van der Waals surface area (Å²) in [5, 5.41) is 2.47. The minimum absolute atomic E-state index is 0.0270. The number of hydrogen-bond donors (Lipinski definition) is 2. The average molecular weight is 340 g/mol. The van der Waals surface area contributed by atoms with Crippen LogP contribution in [0.15, 0.2) is 58.1 Å². The highest BCUT2D eigenvalue weighted by molar-refractivity contribution is 6.02. The fraction of sp³-hybridized carbons (Fsp3) is 0.0909. The predicted molar refractivity (Wildman–Crippen MR) is 107 cm³/mol. The third-order valence-corrected chi connectivity index (χ3v) is 5.03. The van der Waals surface area contributed by atoms with Gasteiger partial charge in [0.25, 0.3) is 0 Å². The zero-order chi connectivity index (χ0) is 18.0. The van der Waals surface area contributed by atoms with Crippen LogP contribution in [0.3, 0.4) is 0 Å². The molecular weight excluding hydrogens is 324 g/mol. The lowest BCUT2D eigenvalue weighted by atomic mass is 10.0. The summed E-state index contributed by atoms with van der Waals surface area (Å²) in [6.07, 6.45) is 0. The van der Waals surface area contributed by atoms with Crippen molar-refractivity contribution in [2.45, 2.75) is 13.8 Å². The first-order valence-electron chi connectivity index (χ1n) is 8.54. The molecule has 0 aliphatic heterocycles. The van der Waals surface area contributed by atoms with Gasteiger partial charge < -0.3 is 9.97 Å². The average Bonchev–Trinajstić information content (AvgIpc) is 2.61. The Balaban J connectivity index is 2.00. The lowest BCUT2D eigenvalue weighted by Gasteiger charge is -2.07. The largest absolute Gasteiger partial charge is 0.354 e. The van der Waals surface area contributed by atoms with Crippen LogP contribution in [0.2, 0.25) is 0 Å². The summed E-state index contributed by atoms with van der Waals surface area (Å²) in [5.41, 5.74) is 5.03. The maximum Gasteiger partial charge on any atom is 0.197 e. The first-order chi connectivity index (χ1) is 12.5. The van der Waals surface area contributed by atoms with Gasteiger partial charge in [-0.05, 0) is 61.4 Å². The van der Waals surface area contributed by atoms with Crippen molar-refractivity contribution >= 4 is 43.6 Å². The van der Waals surface area contributed by atoms with Gasteiger partial charge in [0, 0.05) is 32.6 Å². The molecule has 5 rings (SSSR count). The zero-order valence-corrected chi connectivity index (χ0v) is 14.4. The van der Waals surface area contributed by atoms with Gasteiger partial charge in [-0.2, -0.15) is 0 Å². The van der Waals surface area contributed by atoms with E-state index in [0.717, 1.165) is 22.2 Å². The summed E-state index contributed by atoms with van der Waals surface area (Å²) in [4.78, 5) is 32.5. The van der Waals surface area contributed by atoms with Gasteiger partial charge >= 0.3 is 0 Å². The van der Waals surface area contributed by atoms with Gasteiger partial charge in [-0.1, -0.05) is 12.1 Å². The van der Waals surface area contributed by atoms with E-state index in [0.29, 0.717) is 32.6 Å². The number of aryl methyl sites for hydroxylation is 2. The molecule has 4 nitrogen and oxygen atoms in total. The Morgan fingerprint density at radius 3 is 1.35 bits per heavy atom. The van der Waals surface area contributed by atoms with Crippen LogP contribution in [0.1, 0.15) is 11.1 Å². The highest BCUT2D eigenvalue weighted by Gasteiger charge is 2.11. The van der Waals surface area contributed by atoms with Gasteiger partial charge in [0.05, 0.1) is 11.0 Å². The van der Waals surface area contributed by atoms with E-state index in [2.05, 4.69) is 9.97 Å². The molecule has 5 aromatic rings. The monoisotopic (exact) mass is 340 g/mol. The molecule has 0 aliphatic carbocycles. The summed E-state index contributed by atoms with van der Waals surface area (Å²) >= 11 is 0. The number of aromatic nitrogens is 2. The fourth-order valence-corrected chi connectivity index (χ4v) is 3.68. The maximum atomic E-state index is 12.9. The van der Waals surface area contributed by atoms with Crippen molar-refractivity contribution in [3.63, 3.8) is 0 Å². The minimum atomic E-state index is -0.0270. The molecule has 0 unspecified atom stereocenters. The van der Waals surface area contributed by atoms with Crippen LogP contribution < -0.4 is 10.9 Å². The fourth-order valence-electron chi connectivity index (χ4n) is 3.68. The Labute approximate surface area is 148 Å². The van der Waals surface area contributed by atoms with Crippen LogP contribution >= 0.6 is 0 Å². The molecule has 3 aromatic carbocycles. The lowest BCUT2D eigenvalue weighted by molar-refractivity contribution is 1.42. The molecular formula is C22H16N2O2. The van der Waals surface area contributed by atoms with Gasteiger partial charge in [0.1, 0.15) is 0 Å². The van der Waals surface area contributed by atoms with E-state index < -0.39 is 0 Å². The highest BCUT2D eigenvalue weighted by atomic mass is 16.1. The molecule has 0 atom stereocenters. The quantitative estimate of drug-likeness (QED) is 0.413. The zero-order valence-electron chi connectivity index (χ0n) is 14.4. The Morgan fingerprint density at radius 2 is 0.923 bits per heavy atom. The Bertz CT molecular complexity index is 1370. The molecule has 0 saturated heterocycles. The molecule has 126 valence electrons. The normalized spacial score (nSPS) is 11.8. The van der Waals surface area contributed by atoms with Crippen LogP contribution in [0.4, 0.5) is 0 Å². The van der Waals surface area contributed by atoms with E-state index >= 15 is 0 Å². The molecule has 0 bridgehead atoms. The van der Waals surface area contributed by atoms with E-state index in [1.807, 2.05) is 50.2 Å².